The van der Waals surface area contributed by atoms with E-state index >= 15 is 0 Å². The maximum atomic E-state index is 4.53. The van der Waals surface area contributed by atoms with Crippen molar-refractivity contribution in [2.75, 3.05) is 0 Å². The van der Waals surface area contributed by atoms with Crippen molar-refractivity contribution in [1.82, 2.24) is 19.7 Å². The smallest absolute Gasteiger partial charge is 0.216 e. The molecule has 0 aliphatic carbocycles. The van der Waals surface area contributed by atoms with Gasteiger partial charge in [0.2, 0.25) is 0 Å². The Morgan fingerprint density at radius 3 is 2.12 bits per heavy atom. The van der Waals surface area contributed by atoms with Crippen molar-refractivity contribution < 1.29 is 0 Å². The summed E-state index contributed by atoms with van der Waals surface area (Å²) in [5.41, 5.74) is 5.42. The minimum Gasteiger partial charge on any atom is -0.216 e. The topological polar surface area (TPSA) is 43.6 Å². The molecule has 0 N–H and O–H groups in total. The summed E-state index contributed by atoms with van der Waals surface area (Å²) in [6, 6.07) is 1.97. The molecular weight excluding hydrogens is 212 g/mol. The lowest BCUT2D eigenvalue weighted by molar-refractivity contribution is 0.762. The first kappa shape index (κ1) is 11.8. The highest BCUT2D eigenvalue weighted by Gasteiger charge is 2.13. The van der Waals surface area contributed by atoms with Crippen molar-refractivity contribution in [2.45, 2.75) is 41.0 Å². The van der Waals surface area contributed by atoms with E-state index in [9.17, 15) is 0 Å². The highest BCUT2D eigenvalue weighted by Crippen LogP contribution is 2.16. The molecule has 2 heterocycles. The van der Waals surface area contributed by atoms with Crippen LogP contribution in [0.3, 0.4) is 0 Å². The number of nitrogens with zero attached hydrogens (tertiary/aromatic N) is 4. The number of rotatable bonds is 2. The van der Waals surface area contributed by atoms with Gasteiger partial charge in [0.15, 0.2) is 0 Å². The predicted molar refractivity (Wildman–Crippen MR) is 67.5 cm³/mol. The molecule has 0 bridgehead atoms. The largest absolute Gasteiger partial charge is 0.251 e. The minimum absolute atomic E-state index is 0.669. The molecule has 0 spiro atoms. The van der Waals surface area contributed by atoms with E-state index in [1.165, 1.54) is 5.56 Å². The summed E-state index contributed by atoms with van der Waals surface area (Å²) in [5.74, 6) is 0.669. The van der Waals surface area contributed by atoms with Crippen LogP contribution in [-0.2, 0) is 6.42 Å². The molecule has 2 aromatic heterocycles. The zero-order valence-electron chi connectivity index (χ0n) is 11.1. The number of aromatic nitrogens is 4. The van der Waals surface area contributed by atoms with Gasteiger partial charge in [0.05, 0.1) is 5.69 Å². The van der Waals surface area contributed by atoms with E-state index in [2.05, 4.69) is 28.9 Å². The van der Waals surface area contributed by atoms with Crippen LogP contribution in [0.1, 0.15) is 35.3 Å². The highest BCUT2D eigenvalue weighted by molar-refractivity contribution is 5.30. The third-order valence-electron chi connectivity index (χ3n) is 2.95. The predicted octanol–water partition coefficient (Wildman–Crippen LogP) is 2.46. The molecule has 0 atom stereocenters. The molecule has 4 nitrogen and oxygen atoms in total. The number of aryl methyl sites for hydroxylation is 3. The van der Waals surface area contributed by atoms with Crippen LogP contribution >= 0.6 is 0 Å². The Balaban J connectivity index is 2.60. The lowest BCUT2D eigenvalue weighted by Crippen LogP contribution is -2.07. The summed E-state index contributed by atoms with van der Waals surface area (Å²) in [6.45, 7) is 10.2. The van der Waals surface area contributed by atoms with Crippen LogP contribution in [-0.4, -0.2) is 19.7 Å². The van der Waals surface area contributed by atoms with E-state index in [-0.39, 0.29) is 0 Å². The highest BCUT2D eigenvalue weighted by atomic mass is 15.4. The summed E-state index contributed by atoms with van der Waals surface area (Å²) in [5, 5.41) is 4.53. The van der Waals surface area contributed by atoms with Gasteiger partial charge in [-0.2, -0.15) is 5.10 Å². The fraction of sp³-hybridized carbons (Fsp3) is 0.462. The lowest BCUT2D eigenvalue weighted by Gasteiger charge is -2.05. The second kappa shape index (κ2) is 4.28. The van der Waals surface area contributed by atoms with E-state index < -0.39 is 0 Å². The lowest BCUT2D eigenvalue weighted by atomic mass is 10.1. The van der Waals surface area contributed by atoms with E-state index in [1.807, 2.05) is 31.5 Å². The van der Waals surface area contributed by atoms with Gasteiger partial charge in [0.25, 0.3) is 5.95 Å². The molecule has 2 rings (SSSR count). The second-order valence-corrected chi connectivity index (χ2v) is 4.37. The van der Waals surface area contributed by atoms with E-state index in [1.54, 1.807) is 0 Å². The molecule has 90 valence electrons. The van der Waals surface area contributed by atoms with Gasteiger partial charge in [-0.05, 0) is 45.7 Å². The standard InChI is InChI=1S/C13H18N4/c1-6-12-10(4)16-17(11(12)5)13-14-8(2)7-9(3)15-13/h7H,6H2,1-5H3. The van der Waals surface area contributed by atoms with Gasteiger partial charge >= 0.3 is 0 Å². The molecular formula is C13H18N4. The van der Waals surface area contributed by atoms with Crippen molar-refractivity contribution in [2.24, 2.45) is 0 Å². The monoisotopic (exact) mass is 230 g/mol. The fourth-order valence-electron chi connectivity index (χ4n) is 2.18. The number of hydrogen-bond donors (Lipinski definition) is 0. The van der Waals surface area contributed by atoms with Crippen molar-refractivity contribution in [3.05, 3.63) is 34.4 Å². The van der Waals surface area contributed by atoms with Crippen molar-refractivity contribution in [1.29, 1.82) is 0 Å². The Morgan fingerprint density at radius 2 is 1.65 bits per heavy atom. The molecule has 0 aliphatic rings. The van der Waals surface area contributed by atoms with E-state index in [0.717, 1.165) is 29.2 Å². The Kier molecular flexibility index (Phi) is 2.96. The molecule has 0 fully saturated rings. The molecule has 0 aromatic carbocycles. The molecule has 4 heteroatoms. The maximum Gasteiger partial charge on any atom is 0.251 e. The Hall–Kier alpha value is -1.71. The first-order valence-electron chi connectivity index (χ1n) is 5.90. The normalized spacial score (nSPS) is 10.9. The summed E-state index contributed by atoms with van der Waals surface area (Å²) >= 11 is 0. The zero-order chi connectivity index (χ0) is 12.6. The minimum atomic E-state index is 0.669. The quantitative estimate of drug-likeness (QED) is 0.796. The Labute approximate surface area is 102 Å². The first-order valence-corrected chi connectivity index (χ1v) is 5.90. The third-order valence-corrected chi connectivity index (χ3v) is 2.95. The van der Waals surface area contributed by atoms with Gasteiger partial charge < -0.3 is 0 Å². The summed E-state index contributed by atoms with van der Waals surface area (Å²) in [6.07, 6.45) is 0.989. The van der Waals surface area contributed by atoms with Gasteiger partial charge in [-0.1, -0.05) is 6.92 Å². The molecule has 0 unspecified atom stereocenters. The molecule has 0 aliphatic heterocycles. The van der Waals surface area contributed by atoms with Crippen LogP contribution in [0.15, 0.2) is 6.07 Å². The molecule has 0 saturated heterocycles. The molecule has 2 aromatic rings. The summed E-state index contributed by atoms with van der Waals surface area (Å²) < 4.78 is 1.84. The van der Waals surface area contributed by atoms with Crippen LogP contribution in [0.25, 0.3) is 5.95 Å². The molecule has 0 amide bonds. The van der Waals surface area contributed by atoms with Gasteiger partial charge in [-0.3, -0.25) is 0 Å². The average Bonchev–Trinajstić information content (AvgIpc) is 2.52. The molecule has 0 radical (unpaired) electrons. The van der Waals surface area contributed by atoms with Crippen molar-refractivity contribution in [3.8, 4) is 5.95 Å². The summed E-state index contributed by atoms with van der Waals surface area (Å²) in [7, 11) is 0. The van der Waals surface area contributed by atoms with Crippen LogP contribution in [0.2, 0.25) is 0 Å². The fourth-order valence-corrected chi connectivity index (χ4v) is 2.18. The van der Waals surface area contributed by atoms with Gasteiger partial charge in [-0.25, -0.2) is 14.6 Å². The first-order chi connectivity index (χ1) is 8.02. The van der Waals surface area contributed by atoms with Crippen molar-refractivity contribution in [3.63, 3.8) is 0 Å². The number of hydrogen-bond acceptors (Lipinski definition) is 3. The zero-order valence-corrected chi connectivity index (χ0v) is 11.1. The third kappa shape index (κ3) is 2.07. The van der Waals surface area contributed by atoms with Gasteiger partial charge in [0, 0.05) is 17.1 Å². The van der Waals surface area contributed by atoms with Gasteiger partial charge in [0.1, 0.15) is 0 Å². The van der Waals surface area contributed by atoms with Gasteiger partial charge in [-0.15, -0.1) is 0 Å². The Bertz CT molecular complexity index is 535. The maximum absolute atomic E-state index is 4.53. The van der Waals surface area contributed by atoms with Crippen LogP contribution in [0, 0.1) is 27.7 Å². The van der Waals surface area contributed by atoms with Crippen LogP contribution in [0.4, 0.5) is 0 Å². The SMILES string of the molecule is CCc1c(C)nn(-c2nc(C)cc(C)n2)c1C. The average molecular weight is 230 g/mol. The van der Waals surface area contributed by atoms with E-state index in [4.69, 9.17) is 0 Å². The van der Waals surface area contributed by atoms with Crippen LogP contribution in [0.5, 0.6) is 0 Å². The van der Waals surface area contributed by atoms with Crippen molar-refractivity contribution >= 4 is 0 Å². The second-order valence-electron chi connectivity index (χ2n) is 4.37. The molecule has 0 saturated carbocycles. The van der Waals surface area contributed by atoms with E-state index in [0.29, 0.717) is 5.95 Å². The molecule has 17 heavy (non-hydrogen) atoms. The Morgan fingerprint density at radius 1 is 1.06 bits per heavy atom. The summed E-state index contributed by atoms with van der Waals surface area (Å²) in [4.78, 5) is 8.89. The van der Waals surface area contributed by atoms with Crippen LogP contribution < -0.4 is 0 Å².